The molecule has 0 aromatic heterocycles. The summed E-state index contributed by atoms with van der Waals surface area (Å²) in [6.45, 7) is 1.17. The summed E-state index contributed by atoms with van der Waals surface area (Å²) in [5.74, 6) is 1.43. The van der Waals surface area contributed by atoms with E-state index in [0.717, 1.165) is 22.7 Å². The molecular weight excluding hydrogens is 427 g/mol. The van der Waals surface area contributed by atoms with E-state index < -0.39 is 0 Å². The van der Waals surface area contributed by atoms with Crippen LogP contribution in [0.1, 0.15) is 41.1 Å². The lowest BCUT2D eigenvalue weighted by atomic mass is 10.0. The number of halogens is 2. The second-order valence-corrected chi connectivity index (χ2v) is 8.84. The molecule has 0 radical (unpaired) electrons. The Morgan fingerprint density at radius 2 is 1.65 bits per heavy atom. The zero-order valence-corrected chi connectivity index (χ0v) is 18.8. The predicted octanol–water partition coefficient (Wildman–Crippen LogP) is 6.54. The van der Waals surface area contributed by atoms with Crippen LogP contribution in [0.5, 0.6) is 0 Å². The van der Waals surface area contributed by atoms with Crippen LogP contribution < -0.4 is 10.6 Å². The first-order chi connectivity index (χ1) is 14.7. The molecule has 2 atom stereocenters. The van der Waals surface area contributed by atoms with Crippen LogP contribution in [0, 0.1) is 5.92 Å². The van der Waals surface area contributed by atoms with Crippen LogP contribution in [0.25, 0.3) is 11.1 Å². The molecule has 2 N–H and O–H groups in total. The molecule has 0 aliphatic heterocycles. The second-order valence-electron chi connectivity index (χ2n) is 8.43. The molecule has 5 rings (SSSR count). The number of nitrogens with one attached hydrogen (secondary N) is 2. The van der Waals surface area contributed by atoms with Crippen LogP contribution in [0.2, 0.25) is 5.02 Å². The number of amides is 1. The lowest BCUT2D eigenvalue weighted by molar-refractivity contribution is 0.102. The van der Waals surface area contributed by atoms with E-state index in [9.17, 15) is 4.79 Å². The summed E-state index contributed by atoms with van der Waals surface area (Å²) in [5.41, 5.74) is 4.76. The highest BCUT2D eigenvalue weighted by Gasteiger charge is 2.38. The molecule has 31 heavy (non-hydrogen) atoms. The van der Waals surface area contributed by atoms with Crippen molar-refractivity contribution in [1.29, 1.82) is 0 Å². The van der Waals surface area contributed by atoms with Crippen molar-refractivity contribution in [3.63, 3.8) is 0 Å². The van der Waals surface area contributed by atoms with E-state index in [1.54, 1.807) is 0 Å². The highest BCUT2D eigenvalue weighted by Crippen LogP contribution is 2.42. The molecule has 3 aromatic rings. The molecule has 0 spiro atoms. The number of hydrogen-bond acceptors (Lipinski definition) is 2. The maximum absolute atomic E-state index is 12.6. The number of hydrogen-bond donors (Lipinski definition) is 2. The van der Waals surface area contributed by atoms with E-state index in [4.69, 9.17) is 11.6 Å². The Bertz CT molecular complexity index is 1050. The molecule has 0 bridgehead atoms. The Hall–Kier alpha value is -2.33. The molecule has 3 aromatic carbocycles. The molecule has 160 valence electrons. The van der Waals surface area contributed by atoms with Crippen LogP contribution in [-0.4, -0.2) is 18.5 Å². The summed E-state index contributed by atoms with van der Waals surface area (Å²) in [6, 6.07) is 24.2. The quantitative estimate of drug-likeness (QED) is 0.427. The van der Waals surface area contributed by atoms with Gasteiger partial charge < -0.3 is 10.6 Å². The largest absolute Gasteiger partial charge is 0.322 e. The zero-order chi connectivity index (χ0) is 20.5. The van der Waals surface area contributed by atoms with Gasteiger partial charge in [-0.2, -0.15) is 0 Å². The first-order valence-electron chi connectivity index (χ1n) is 10.7. The summed E-state index contributed by atoms with van der Waals surface area (Å²) in [5, 5.41) is 7.38. The van der Waals surface area contributed by atoms with Gasteiger partial charge in [0.15, 0.2) is 0 Å². The summed E-state index contributed by atoms with van der Waals surface area (Å²) >= 11 is 6.27. The lowest BCUT2D eigenvalue weighted by Crippen LogP contribution is -2.20. The van der Waals surface area contributed by atoms with Gasteiger partial charge in [0.2, 0.25) is 0 Å². The first-order valence-corrected chi connectivity index (χ1v) is 11.0. The van der Waals surface area contributed by atoms with Gasteiger partial charge in [-0.15, -0.1) is 12.4 Å². The van der Waals surface area contributed by atoms with Gasteiger partial charge in [-0.3, -0.25) is 4.79 Å². The third-order valence-corrected chi connectivity index (χ3v) is 6.41. The van der Waals surface area contributed by atoms with Crippen molar-refractivity contribution in [2.24, 2.45) is 5.92 Å². The van der Waals surface area contributed by atoms with Crippen LogP contribution in [0.3, 0.4) is 0 Å². The third-order valence-electron chi connectivity index (χ3n) is 6.08. The van der Waals surface area contributed by atoms with E-state index in [1.807, 2.05) is 60.7 Å². The van der Waals surface area contributed by atoms with Gasteiger partial charge >= 0.3 is 0 Å². The molecule has 2 saturated carbocycles. The molecule has 3 nitrogen and oxygen atoms in total. The molecule has 0 heterocycles. The zero-order valence-electron chi connectivity index (χ0n) is 17.2. The fourth-order valence-electron chi connectivity index (χ4n) is 3.94. The molecule has 2 aliphatic carbocycles. The van der Waals surface area contributed by atoms with Crippen molar-refractivity contribution in [2.75, 3.05) is 11.9 Å². The van der Waals surface area contributed by atoms with Gasteiger partial charge in [0, 0.05) is 33.8 Å². The number of rotatable bonds is 7. The van der Waals surface area contributed by atoms with Crippen molar-refractivity contribution in [3.05, 3.63) is 88.9 Å². The Morgan fingerprint density at radius 1 is 0.935 bits per heavy atom. The van der Waals surface area contributed by atoms with E-state index in [1.165, 1.54) is 31.4 Å². The molecule has 1 amide bonds. The van der Waals surface area contributed by atoms with Crippen molar-refractivity contribution in [1.82, 2.24) is 5.32 Å². The highest BCUT2D eigenvalue weighted by molar-refractivity contribution is 6.33. The van der Waals surface area contributed by atoms with Crippen LogP contribution >= 0.6 is 24.0 Å². The summed E-state index contributed by atoms with van der Waals surface area (Å²) in [7, 11) is 0. The maximum atomic E-state index is 12.6. The summed E-state index contributed by atoms with van der Waals surface area (Å²) in [4.78, 5) is 12.6. The van der Waals surface area contributed by atoms with Crippen molar-refractivity contribution >= 4 is 35.6 Å². The van der Waals surface area contributed by atoms with Gasteiger partial charge in [-0.25, -0.2) is 0 Å². The highest BCUT2D eigenvalue weighted by atomic mass is 35.5. The number of benzene rings is 3. The van der Waals surface area contributed by atoms with Gasteiger partial charge in [0.05, 0.1) is 0 Å². The molecule has 2 unspecified atom stereocenters. The SMILES string of the molecule is Cl.O=C(Nc1ccc(C2CC2NCC2CC2)cc1)c1ccc(-c2ccccc2Cl)cc1. The summed E-state index contributed by atoms with van der Waals surface area (Å²) < 4.78 is 0. The van der Waals surface area contributed by atoms with Crippen LogP contribution in [0.4, 0.5) is 5.69 Å². The normalized spacial score (nSPS) is 19.4. The van der Waals surface area contributed by atoms with Gasteiger partial charge in [-0.05, 0) is 73.2 Å². The van der Waals surface area contributed by atoms with E-state index in [2.05, 4.69) is 22.8 Å². The van der Waals surface area contributed by atoms with Crippen molar-refractivity contribution < 1.29 is 4.79 Å². The maximum Gasteiger partial charge on any atom is 0.255 e. The Labute approximate surface area is 194 Å². The smallest absolute Gasteiger partial charge is 0.255 e. The minimum absolute atomic E-state index is 0. The van der Waals surface area contributed by atoms with Crippen LogP contribution in [-0.2, 0) is 0 Å². The van der Waals surface area contributed by atoms with Crippen LogP contribution in [0.15, 0.2) is 72.8 Å². The van der Waals surface area contributed by atoms with E-state index in [0.29, 0.717) is 22.5 Å². The fraction of sp³-hybridized carbons (Fsp3) is 0.269. The number of carbonyl (C=O) groups is 1. The second kappa shape index (κ2) is 9.44. The minimum Gasteiger partial charge on any atom is -0.322 e. The van der Waals surface area contributed by atoms with Gasteiger partial charge in [-0.1, -0.05) is 54.1 Å². The Balaban J connectivity index is 0.00000231. The predicted molar refractivity (Wildman–Crippen MR) is 130 cm³/mol. The van der Waals surface area contributed by atoms with Crippen molar-refractivity contribution in [3.8, 4) is 11.1 Å². The topological polar surface area (TPSA) is 41.1 Å². The standard InChI is InChI=1S/C26H25ClN2O.ClH/c27-24-4-2-1-3-22(24)18-7-9-20(10-8-18)26(30)29-21-13-11-19(12-14-21)23-15-25(23)28-16-17-5-6-17;/h1-4,7-14,17,23,25,28H,5-6,15-16H2,(H,29,30);1H. The average molecular weight is 453 g/mol. The monoisotopic (exact) mass is 452 g/mol. The Kier molecular flexibility index (Phi) is 6.66. The van der Waals surface area contributed by atoms with Gasteiger partial charge in [0.25, 0.3) is 5.91 Å². The van der Waals surface area contributed by atoms with Crippen molar-refractivity contribution in [2.45, 2.75) is 31.2 Å². The number of anilines is 1. The van der Waals surface area contributed by atoms with E-state index in [-0.39, 0.29) is 18.3 Å². The molecule has 2 aliphatic rings. The van der Waals surface area contributed by atoms with Gasteiger partial charge in [0.1, 0.15) is 0 Å². The third kappa shape index (κ3) is 5.30. The average Bonchev–Trinajstić information content (AvgIpc) is 3.68. The minimum atomic E-state index is -0.108. The van der Waals surface area contributed by atoms with E-state index >= 15 is 0 Å². The molecular formula is C26H26Cl2N2O. The lowest BCUT2D eigenvalue weighted by Gasteiger charge is -2.09. The molecule has 5 heteroatoms. The molecule has 0 saturated heterocycles. The summed E-state index contributed by atoms with van der Waals surface area (Å²) in [6.07, 6.45) is 4.00. The fourth-order valence-corrected chi connectivity index (χ4v) is 4.19. The number of carbonyl (C=O) groups excluding carboxylic acids is 1. The Morgan fingerprint density at radius 3 is 2.32 bits per heavy atom. The molecule has 2 fully saturated rings. The first kappa shape index (κ1) is 21.9.